The zero-order chi connectivity index (χ0) is 9.28. The van der Waals surface area contributed by atoms with E-state index in [-0.39, 0.29) is 6.54 Å². The molecule has 0 spiro atoms. The molecule has 0 N–H and O–H groups in total. The highest BCUT2D eigenvalue weighted by atomic mass is 16.4. The third-order valence-electron chi connectivity index (χ3n) is 0.982. The van der Waals surface area contributed by atoms with Gasteiger partial charge in [-0.3, -0.25) is 0 Å². The smallest absolute Gasteiger partial charge is 0.106 e. The van der Waals surface area contributed by atoms with E-state index in [1.54, 1.807) is 6.92 Å². The van der Waals surface area contributed by atoms with Gasteiger partial charge in [0.25, 0.3) is 0 Å². The quantitative estimate of drug-likeness (QED) is 0.415. The molecular weight excluding hydrogens is 150 g/mol. The normalized spacial score (nSPS) is 8.64. The summed E-state index contributed by atoms with van der Waals surface area (Å²) in [6.07, 6.45) is 0. The van der Waals surface area contributed by atoms with Crippen LogP contribution in [0.2, 0.25) is 0 Å². The predicted molar refractivity (Wildman–Crippen MR) is 34.2 cm³/mol. The fraction of sp³-hybridized carbons (Fsp3) is 0.667. The molecule has 0 radical (unpaired) electrons. The Labute approximate surface area is 65.2 Å². The molecule has 0 unspecified atom stereocenters. The molecule has 0 fully saturated rings. The molecule has 0 aromatic rings. The first-order chi connectivity index (χ1) is 5.20. The molecule has 0 aliphatic carbocycles. The number of hydrogen-bond acceptors (Lipinski definition) is 5. The minimum Gasteiger partial charge on any atom is -0.843 e. The molecule has 66 valence electrons. The van der Waals surface area contributed by atoms with Gasteiger partial charge in [0.15, 0.2) is 0 Å². The Morgan fingerprint density at radius 1 is 1.55 bits per heavy atom. The first-order valence-electron chi connectivity index (χ1n) is 2.99. The second-order valence-electron chi connectivity index (χ2n) is 1.65. The molecule has 5 heteroatoms. The molecule has 11 heavy (non-hydrogen) atoms. The molecule has 0 aliphatic heterocycles. The number of likely N-dealkylation sites (N-methyl/N-ethyl adjacent to an activating group) is 1. The van der Waals surface area contributed by atoms with E-state index >= 15 is 0 Å². The molecule has 0 saturated heterocycles. The lowest BCUT2D eigenvalue weighted by Crippen LogP contribution is -2.41. The van der Waals surface area contributed by atoms with Gasteiger partial charge >= 0.3 is 0 Å². The summed E-state index contributed by atoms with van der Waals surface area (Å²) < 4.78 is 0. The van der Waals surface area contributed by atoms with Gasteiger partial charge in [-0.1, -0.05) is 13.7 Å². The van der Waals surface area contributed by atoms with Crippen molar-refractivity contribution < 1.29 is 19.8 Å². The molecule has 0 aromatic heterocycles. The van der Waals surface area contributed by atoms with Crippen molar-refractivity contribution in [1.82, 2.24) is 4.90 Å². The summed E-state index contributed by atoms with van der Waals surface area (Å²) in [5.41, 5.74) is 0. The maximum atomic E-state index is 10.0. The average Bonchev–Trinajstić information content (AvgIpc) is 2.03. The van der Waals surface area contributed by atoms with Gasteiger partial charge < -0.3 is 24.7 Å². The summed E-state index contributed by atoms with van der Waals surface area (Å²) in [7, 11) is 0. The van der Waals surface area contributed by atoms with Crippen LogP contribution < -0.4 is 10.2 Å². The Hall–Kier alpha value is -0.940. The van der Waals surface area contributed by atoms with E-state index in [9.17, 15) is 15.0 Å². The van der Waals surface area contributed by atoms with Crippen molar-refractivity contribution in [3.8, 4) is 0 Å². The van der Waals surface area contributed by atoms with E-state index in [1.807, 2.05) is 6.79 Å². The number of aliphatic carboxylic acids is 1. The van der Waals surface area contributed by atoms with Crippen molar-refractivity contribution >= 4 is 12.8 Å². The van der Waals surface area contributed by atoms with Crippen molar-refractivity contribution in [3.63, 3.8) is 0 Å². The Morgan fingerprint density at radius 3 is 2.09 bits per heavy atom. The van der Waals surface area contributed by atoms with Crippen LogP contribution in [-0.4, -0.2) is 37.5 Å². The lowest BCUT2D eigenvalue weighted by molar-refractivity contribution is -0.402. The highest BCUT2D eigenvalue weighted by molar-refractivity contribution is 5.66. The van der Waals surface area contributed by atoms with Crippen LogP contribution in [0.4, 0.5) is 0 Å². The van der Waals surface area contributed by atoms with Gasteiger partial charge in [-0.2, -0.15) is 0 Å². The van der Waals surface area contributed by atoms with Crippen LogP contribution in [-0.2, 0) is 9.59 Å². The third-order valence-corrected chi connectivity index (χ3v) is 0.982. The second kappa shape index (κ2) is 9.06. The standard InChI is InChI=1S/C5H10NO3.CH2O/c1-2-6(4-7)3-5(8)9;1-2/h2-4H2,1H3,(H,8,9);1H2/q-1;/p-1. The zero-order valence-electron chi connectivity index (χ0n) is 6.41. The Bertz CT molecular complexity index is 103. The monoisotopic (exact) mass is 161 g/mol. The Kier molecular flexibility index (Phi) is 10.5. The fourth-order valence-corrected chi connectivity index (χ4v) is 0.431. The number of carbonyl (C=O) groups excluding carboxylic acids is 2. The number of carboxylic acids is 1. The molecule has 5 nitrogen and oxygen atoms in total. The highest BCUT2D eigenvalue weighted by Gasteiger charge is 1.92. The maximum Gasteiger partial charge on any atom is 0.106 e. The van der Waals surface area contributed by atoms with Crippen molar-refractivity contribution in [3.05, 3.63) is 0 Å². The number of carboxylic acid groups (broad SMARTS) is 1. The summed E-state index contributed by atoms with van der Waals surface area (Å²) in [4.78, 5) is 19.1. The van der Waals surface area contributed by atoms with E-state index in [1.165, 1.54) is 4.90 Å². The molecule has 0 aliphatic rings. The van der Waals surface area contributed by atoms with E-state index in [0.29, 0.717) is 6.54 Å². The van der Waals surface area contributed by atoms with E-state index < -0.39 is 12.7 Å². The number of carbonyl (C=O) groups is 2. The van der Waals surface area contributed by atoms with Crippen LogP contribution in [0.25, 0.3) is 0 Å². The number of hydrogen-bond donors (Lipinski definition) is 0. The molecular formula is C6H11NO4-2. The minimum atomic E-state index is -1.20. The van der Waals surface area contributed by atoms with Gasteiger partial charge in [-0.15, -0.1) is 0 Å². The van der Waals surface area contributed by atoms with Crippen molar-refractivity contribution in [2.24, 2.45) is 0 Å². The number of rotatable bonds is 4. The second-order valence-corrected chi connectivity index (χ2v) is 1.65. The van der Waals surface area contributed by atoms with Crippen molar-refractivity contribution in [1.29, 1.82) is 0 Å². The molecule has 0 rings (SSSR count). The number of nitrogens with zero attached hydrogens (tertiary/aromatic N) is 1. The van der Waals surface area contributed by atoms with Crippen LogP contribution in [0.15, 0.2) is 0 Å². The van der Waals surface area contributed by atoms with Gasteiger partial charge in [0.2, 0.25) is 0 Å². The zero-order valence-corrected chi connectivity index (χ0v) is 6.41. The Morgan fingerprint density at radius 2 is 2.00 bits per heavy atom. The van der Waals surface area contributed by atoms with Crippen LogP contribution in [0.3, 0.4) is 0 Å². The van der Waals surface area contributed by atoms with E-state index in [0.717, 1.165) is 0 Å². The minimum absolute atomic E-state index is 0.264. The fourth-order valence-electron chi connectivity index (χ4n) is 0.431. The predicted octanol–water partition coefficient (Wildman–Crippen LogP) is -2.81. The molecule has 0 saturated carbocycles. The summed E-state index contributed by atoms with van der Waals surface area (Å²) in [5, 5.41) is 19.9. The van der Waals surface area contributed by atoms with Gasteiger partial charge in [-0.05, 0) is 6.54 Å². The highest BCUT2D eigenvalue weighted by Crippen LogP contribution is 1.78. The van der Waals surface area contributed by atoms with E-state index in [4.69, 9.17) is 4.79 Å². The van der Waals surface area contributed by atoms with Crippen LogP contribution in [0, 0.1) is 0 Å². The largest absolute Gasteiger partial charge is 0.843 e. The lowest BCUT2D eigenvalue weighted by atomic mass is 10.5. The first kappa shape index (κ1) is 12.7. The van der Waals surface area contributed by atoms with Gasteiger partial charge in [-0.25, -0.2) is 0 Å². The van der Waals surface area contributed by atoms with Crippen LogP contribution >= 0.6 is 0 Å². The lowest BCUT2D eigenvalue weighted by Gasteiger charge is -2.23. The van der Waals surface area contributed by atoms with Gasteiger partial charge in [0.1, 0.15) is 6.79 Å². The van der Waals surface area contributed by atoms with Crippen molar-refractivity contribution in [2.45, 2.75) is 6.92 Å². The first-order valence-corrected chi connectivity index (χ1v) is 2.99. The molecule has 0 atom stereocenters. The van der Waals surface area contributed by atoms with Crippen LogP contribution in [0.1, 0.15) is 6.92 Å². The summed E-state index contributed by atoms with van der Waals surface area (Å²) in [6, 6.07) is 0. The van der Waals surface area contributed by atoms with Crippen LogP contribution in [0.5, 0.6) is 0 Å². The Balaban J connectivity index is 0. The summed E-state index contributed by atoms with van der Waals surface area (Å²) >= 11 is 0. The molecule has 0 bridgehead atoms. The molecule has 0 aromatic carbocycles. The SMILES string of the molecule is C=O.CCN(C[O-])CC(=O)[O-]. The topological polar surface area (TPSA) is 83.5 Å². The van der Waals surface area contributed by atoms with Gasteiger partial charge in [0, 0.05) is 6.54 Å². The van der Waals surface area contributed by atoms with Gasteiger partial charge in [0.05, 0.1) is 5.97 Å². The average molecular weight is 161 g/mol. The molecule has 0 amide bonds. The summed E-state index contributed by atoms with van der Waals surface area (Å²) in [6.45, 7) is 3.43. The third kappa shape index (κ3) is 9.06. The molecule has 0 heterocycles. The summed E-state index contributed by atoms with van der Waals surface area (Å²) in [5.74, 6) is -1.20. The van der Waals surface area contributed by atoms with E-state index in [2.05, 4.69) is 0 Å². The van der Waals surface area contributed by atoms with Crippen molar-refractivity contribution in [2.75, 3.05) is 19.8 Å². The maximum absolute atomic E-state index is 10.0.